The summed E-state index contributed by atoms with van der Waals surface area (Å²) in [6, 6.07) is 15.1. The number of ether oxygens (including phenoxy) is 1. The Morgan fingerprint density at radius 3 is 2.32 bits per heavy atom. The maximum Gasteiger partial charge on any atom is 0.325 e. The molecule has 0 saturated carbocycles. The summed E-state index contributed by atoms with van der Waals surface area (Å²) in [6.07, 6.45) is 0. The van der Waals surface area contributed by atoms with Crippen molar-refractivity contribution in [2.75, 3.05) is 7.11 Å². The lowest BCUT2D eigenvalue weighted by atomic mass is 9.86. The molecule has 2 nitrogen and oxygen atoms in total. The highest BCUT2D eigenvalue weighted by Crippen LogP contribution is 2.60. The van der Waals surface area contributed by atoms with E-state index in [1.165, 1.54) is 7.11 Å². The van der Waals surface area contributed by atoms with Crippen molar-refractivity contribution in [2.45, 2.75) is 12.3 Å². The van der Waals surface area contributed by atoms with Crippen molar-refractivity contribution >= 4 is 34.7 Å². The van der Waals surface area contributed by atoms with Gasteiger partial charge in [0.05, 0.1) is 17.2 Å². The van der Waals surface area contributed by atoms with E-state index in [-0.39, 0.29) is 5.97 Å². The first kappa shape index (κ1) is 15.1. The zero-order valence-corrected chi connectivity index (χ0v) is 13.7. The number of hydrogen-bond acceptors (Lipinski definition) is 2. The lowest BCUT2D eigenvalue weighted by molar-refractivity contribution is -0.142. The van der Waals surface area contributed by atoms with E-state index >= 15 is 0 Å². The molecular formula is C18H14Cl2O2. The molecular weight excluding hydrogens is 319 g/mol. The molecule has 0 fully saturated rings. The maximum atomic E-state index is 12.5. The van der Waals surface area contributed by atoms with Crippen LogP contribution in [-0.2, 0) is 14.9 Å². The molecule has 0 aliphatic heterocycles. The number of methoxy groups -OCH3 is 1. The van der Waals surface area contributed by atoms with E-state index in [9.17, 15) is 4.79 Å². The summed E-state index contributed by atoms with van der Waals surface area (Å²) in [5.41, 5.74) is 2.88. The van der Waals surface area contributed by atoms with Gasteiger partial charge in [0.2, 0.25) is 0 Å². The lowest BCUT2D eigenvalue weighted by Gasteiger charge is -2.18. The van der Waals surface area contributed by atoms with Crippen LogP contribution in [0.5, 0.6) is 0 Å². The van der Waals surface area contributed by atoms with Gasteiger partial charge in [0, 0.05) is 0 Å². The van der Waals surface area contributed by atoms with E-state index in [1.54, 1.807) is 12.1 Å². The molecule has 2 aromatic carbocycles. The van der Waals surface area contributed by atoms with Gasteiger partial charge in [0.15, 0.2) is 0 Å². The van der Waals surface area contributed by atoms with Crippen molar-refractivity contribution in [2.24, 2.45) is 0 Å². The summed E-state index contributed by atoms with van der Waals surface area (Å²) >= 11 is 12.1. The Labute approximate surface area is 139 Å². The van der Waals surface area contributed by atoms with Gasteiger partial charge in [-0.3, -0.25) is 4.79 Å². The first-order chi connectivity index (χ1) is 10.5. The van der Waals surface area contributed by atoms with Crippen molar-refractivity contribution < 1.29 is 9.53 Å². The smallest absolute Gasteiger partial charge is 0.325 e. The van der Waals surface area contributed by atoms with E-state index in [0.717, 1.165) is 22.3 Å². The second kappa shape index (κ2) is 5.45. The predicted molar refractivity (Wildman–Crippen MR) is 89.2 cm³/mol. The minimum atomic E-state index is -0.857. The van der Waals surface area contributed by atoms with Crippen LogP contribution in [-0.4, -0.2) is 13.1 Å². The van der Waals surface area contributed by atoms with Crippen molar-refractivity contribution in [1.29, 1.82) is 0 Å². The van der Waals surface area contributed by atoms with Crippen LogP contribution in [0.15, 0.2) is 54.1 Å². The van der Waals surface area contributed by atoms with E-state index < -0.39 is 5.41 Å². The van der Waals surface area contributed by atoms with Crippen molar-refractivity contribution in [1.82, 2.24) is 0 Å². The second-order valence-corrected chi connectivity index (χ2v) is 6.05. The van der Waals surface area contributed by atoms with Crippen LogP contribution in [0.3, 0.4) is 0 Å². The Hall–Kier alpha value is -1.77. The first-order valence-corrected chi connectivity index (χ1v) is 7.60. The van der Waals surface area contributed by atoms with Crippen molar-refractivity contribution in [3.63, 3.8) is 0 Å². The molecule has 3 rings (SSSR count). The molecule has 0 aromatic heterocycles. The number of halogens is 2. The van der Waals surface area contributed by atoms with Crippen LogP contribution >= 0.6 is 23.2 Å². The van der Waals surface area contributed by atoms with Gasteiger partial charge in [-0.1, -0.05) is 59.6 Å². The number of esters is 1. The van der Waals surface area contributed by atoms with Crippen LogP contribution in [0.4, 0.5) is 0 Å². The molecule has 0 heterocycles. The van der Waals surface area contributed by atoms with Crippen molar-refractivity contribution in [3.05, 3.63) is 75.3 Å². The highest BCUT2D eigenvalue weighted by Gasteiger charge is 2.59. The summed E-state index contributed by atoms with van der Waals surface area (Å²) < 4.78 is 5.07. The van der Waals surface area contributed by atoms with Gasteiger partial charge in [-0.05, 0) is 41.3 Å². The summed E-state index contributed by atoms with van der Waals surface area (Å²) in [5.74, 6) is -0.303. The molecule has 1 aliphatic carbocycles. The van der Waals surface area contributed by atoms with Gasteiger partial charge in [-0.25, -0.2) is 0 Å². The fraction of sp³-hybridized carbons (Fsp3) is 0.167. The monoisotopic (exact) mass is 332 g/mol. The molecule has 1 atom stereocenters. The van der Waals surface area contributed by atoms with Gasteiger partial charge < -0.3 is 4.74 Å². The highest BCUT2D eigenvalue weighted by atomic mass is 35.5. The average Bonchev–Trinajstić information content (AvgIpc) is 3.16. The fourth-order valence-corrected chi connectivity index (χ4v) is 3.36. The third-order valence-corrected chi connectivity index (χ3v) is 4.90. The van der Waals surface area contributed by atoms with Crippen LogP contribution in [0.1, 0.15) is 18.1 Å². The second-order valence-electron chi connectivity index (χ2n) is 5.24. The summed E-state index contributed by atoms with van der Waals surface area (Å²) in [4.78, 5) is 12.5. The molecule has 0 radical (unpaired) electrons. The van der Waals surface area contributed by atoms with Crippen LogP contribution in [0.25, 0.3) is 5.57 Å². The number of carbonyl (C=O) groups is 1. The molecule has 1 unspecified atom stereocenters. The Morgan fingerprint density at radius 1 is 1.05 bits per heavy atom. The Balaban J connectivity index is 2.14. The quantitative estimate of drug-likeness (QED) is 0.748. The van der Waals surface area contributed by atoms with Gasteiger partial charge in [0.1, 0.15) is 5.41 Å². The van der Waals surface area contributed by atoms with Crippen molar-refractivity contribution in [3.8, 4) is 0 Å². The maximum absolute atomic E-state index is 12.5. The molecule has 0 bridgehead atoms. The molecule has 0 saturated heterocycles. The fourth-order valence-electron chi connectivity index (χ4n) is 3.06. The molecule has 22 heavy (non-hydrogen) atoms. The first-order valence-electron chi connectivity index (χ1n) is 6.84. The molecule has 2 aromatic rings. The third-order valence-electron chi connectivity index (χ3n) is 4.16. The predicted octanol–water partition coefficient (Wildman–Crippen LogP) is 4.89. The number of hydrogen-bond donors (Lipinski definition) is 0. The Bertz CT molecular complexity index is 781. The van der Waals surface area contributed by atoms with E-state index in [2.05, 4.69) is 0 Å². The number of benzene rings is 2. The summed E-state index contributed by atoms with van der Waals surface area (Å²) in [6.45, 7) is 1.95. The lowest BCUT2D eigenvalue weighted by Crippen LogP contribution is -2.27. The SMILES string of the molecule is COC(=O)C1(c2ccc(Cl)c(Cl)c2)C(C)=C1c1ccccc1. The average molecular weight is 333 g/mol. The standard InChI is InChI=1S/C18H14Cl2O2/c1-11-16(12-6-4-3-5-7-12)18(11,17(21)22-2)13-8-9-14(19)15(20)10-13/h3-10H,1-2H3. The van der Waals surface area contributed by atoms with E-state index in [0.29, 0.717) is 10.0 Å². The minimum absolute atomic E-state index is 0.303. The van der Waals surface area contributed by atoms with E-state index in [1.807, 2.05) is 43.3 Å². The zero-order chi connectivity index (χ0) is 15.9. The van der Waals surface area contributed by atoms with Gasteiger partial charge in [0.25, 0.3) is 0 Å². The molecule has 4 heteroatoms. The molecule has 1 aliphatic rings. The largest absolute Gasteiger partial charge is 0.468 e. The molecule has 0 spiro atoms. The Kier molecular flexibility index (Phi) is 3.75. The summed E-state index contributed by atoms with van der Waals surface area (Å²) in [5, 5.41) is 0.888. The molecule has 0 N–H and O–H groups in total. The summed E-state index contributed by atoms with van der Waals surface area (Å²) in [7, 11) is 1.40. The molecule has 112 valence electrons. The van der Waals surface area contributed by atoms with Crippen LogP contribution in [0.2, 0.25) is 10.0 Å². The van der Waals surface area contributed by atoms with Gasteiger partial charge in [-0.2, -0.15) is 0 Å². The van der Waals surface area contributed by atoms with Crippen LogP contribution in [0, 0.1) is 0 Å². The zero-order valence-electron chi connectivity index (χ0n) is 12.2. The highest BCUT2D eigenvalue weighted by molar-refractivity contribution is 6.42. The van der Waals surface area contributed by atoms with Gasteiger partial charge >= 0.3 is 5.97 Å². The topological polar surface area (TPSA) is 26.3 Å². The normalized spacial score (nSPS) is 20.0. The Morgan fingerprint density at radius 2 is 1.73 bits per heavy atom. The van der Waals surface area contributed by atoms with Gasteiger partial charge in [-0.15, -0.1) is 0 Å². The third kappa shape index (κ3) is 2.06. The number of carbonyl (C=O) groups excluding carboxylic acids is 1. The van der Waals surface area contributed by atoms with Crippen LogP contribution < -0.4 is 0 Å². The molecule has 0 amide bonds. The minimum Gasteiger partial charge on any atom is -0.468 e. The number of rotatable bonds is 3. The van der Waals surface area contributed by atoms with E-state index in [4.69, 9.17) is 27.9 Å².